The van der Waals surface area contributed by atoms with Crippen LogP contribution in [0.5, 0.6) is 0 Å². The summed E-state index contributed by atoms with van der Waals surface area (Å²) in [5, 5.41) is 9.59. The van der Waals surface area contributed by atoms with E-state index >= 15 is 0 Å². The van der Waals surface area contributed by atoms with Crippen LogP contribution in [0.1, 0.15) is 12.8 Å². The first kappa shape index (κ1) is 13.1. The zero-order valence-electron chi connectivity index (χ0n) is 10.6. The van der Waals surface area contributed by atoms with Gasteiger partial charge in [0.2, 0.25) is 5.91 Å². The summed E-state index contributed by atoms with van der Waals surface area (Å²) in [4.78, 5) is 16.5. The molecular formula is C14H17BrN2O2. The highest BCUT2D eigenvalue weighted by Crippen LogP contribution is 2.28. The molecule has 102 valence electrons. The maximum Gasteiger partial charge on any atom is 0.244 e. The van der Waals surface area contributed by atoms with E-state index in [1.807, 2.05) is 29.2 Å². The molecule has 0 bridgehead atoms. The number of carbonyl (C=O) groups is 1. The van der Waals surface area contributed by atoms with Gasteiger partial charge in [-0.3, -0.25) is 9.69 Å². The maximum atomic E-state index is 12.5. The van der Waals surface area contributed by atoms with Crippen LogP contribution >= 0.6 is 15.9 Å². The lowest BCUT2D eigenvalue weighted by Gasteiger charge is -2.23. The molecule has 4 nitrogen and oxygen atoms in total. The summed E-state index contributed by atoms with van der Waals surface area (Å²) in [6, 6.07) is 7.78. The van der Waals surface area contributed by atoms with E-state index in [9.17, 15) is 9.90 Å². The third kappa shape index (κ3) is 2.55. The first-order chi connectivity index (χ1) is 9.15. The molecule has 0 aromatic heterocycles. The van der Waals surface area contributed by atoms with Crippen molar-refractivity contribution in [2.24, 2.45) is 0 Å². The van der Waals surface area contributed by atoms with Gasteiger partial charge in [-0.1, -0.05) is 22.0 Å². The van der Waals surface area contributed by atoms with E-state index in [1.54, 1.807) is 0 Å². The number of hydrogen-bond donors (Lipinski definition) is 1. The van der Waals surface area contributed by atoms with Gasteiger partial charge in [0, 0.05) is 29.8 Å². The Balaban J connectivity index is 1.75. The van der Waals surface area contributed by atoms with Crippen molar-refractivity contribution in [3.05, 3.63) is 28.7 Å². The first-order valence-electron chi connectivity index (χ1n) is 6.64. The van der Waals surface area contributed by atoms with Crippen molar-refractivity contribution in [2.45, 2.75) is 25.0 Å². The van der Waals surface area contributed by atoms with Gasteiger partial charge in [0.25, 0.3) is 0 Å². The summed E-state index contributed by atoms with van der Waals surface area (Å²) in [6.45, 7) is 2.21. The van der Waals surface area contributed by atoms with Crippen LogP contribution in [-0.4, -0.2) is 47.7 Å². The quantitative estimate of drug-likeness (QED) is 0.899. The zero-order valence-corrected chi connectivity index (χ0v) is 12.2. The highest BCUT2D eigenvalue weighted by Gasteiger charge is 2.39. The van der Waals surface area contributed by atoms with E-state index in [-0.39, 0.29) is 18.1 Å². The fourth-order valence-electron chi connectivity index (χ4n) is 2.96. The Labute approximate surface area is 121 Å². The van der Waals surface area contributed by atoms with E-state index in [2.05, 4.69) is 20.8 Å². The van der Waals surface area contributed by atoms with Crippen LogP contribution in [0.15, 0.2) is 28.7 Å². The monoisotopic (exact) mass is 324 g/mol. The highest BCUT2D eigenvalue weighted by atomic mass is 79.9. The Hall–Kier alpha value is -0.910. The van der Waals surface area contributed by atoms with Crippen molar-refractivity contribution in [1.29, 1.82) is 0 Å². The van der Waals surface area contributed by atoms with E-state index in [0.717, 1.165) is 36.1 Å². The van der Waals surface area contributed by atoms with Crippen molar-refractivity contribution in [3.8, 4) is 0 Å². The van der Waals surface area contributed by atoms with E-state index < -0.39 is 0 Å². The van der Waals surface area contributed by atoms with Crippen molar-refractivity contribution < 1.29 is 9.90 Å². The maximum absolute atomic E-state index is 12.5. The number of aliphatic hydroxyl groups is 1. The molecule has 19 heavy (non-hydrogen) atoms. The number of carbonyl (C=O) groups excluding carboxylic acids is 1. The number of likely N-dealkylation sites (tertiary alicyclic amines) is 1. The lowest BCUT2D eigenvalue weighted by atomic mass is 10.2. The second-order valence-corrected chi connectivity index (χ2v) is 6.13. The molecule has 0 aliphatic carbocycles. The lowest BCUT2D eigenvalue weighted by molar-refractivity contribution is -0.121. The number of halogens is 1. The molecule has 2 fully saturated rings. The van der Waals surface area contributed by atoms with Crippen LogP contribution in [0.4, 0.5) is 5.69 Å². The van der Waals surface area contributed by atoms with Crippen LogP contribution in [0.3, 0.4) is 0 Å². The number of nitrogens with zero attached hydrogens (tertiary/aromatic N) is 2. The van der Waals surface area contributed by atoms with Crippen LogP contribution in [0, 0.1) is 0 Å². The summed E-state index contributed by atoms with van der Waals surface area (Å²) >= 11 is 3.44. The third-order valence-electron chi connectivity index (χ3n) is 3.93. The molecule has 0 spiro atoms. The van der Waals surface area contributed by atoms with Gasteiger partial charge in [-0.15, -0.1) is 0 Å². The average Bonchev–Trinajstić information content (AvgIpc) is 2.95. The highest BCUT2D eigenvalue weighted by molar-refractivity contribution is 9.10. The van der Waals surface area contributed by atoms with Crippen molar-refractivity contribution in [1.82, 2.24) is 4.90 Å². The minimum Gasteiger partial charge on any atom is -0.392 e. The van der Waals surface area contributed by atoms with Crippen molar-refractivity contribution >= 4 is 27.5 Å². The van der Waals surface area contributed by atoms with Gasteiger partial charge in [0.1, 0.15) is 0 Å². The molecule has 2 saturated heterocycles. The predicted molar refractivity (Wildman–Crippen MR) is 77.1 cm³/mol. The van der Waals surface area contributed by atoms with Gasteiger partial charge >= 0.3 is 0 Å². The summed E-state index contributed by atoms with van der Waals surface area (Å²) in [7, 11) is 0. The zero-order chi connectivity index (χ0) is 13.4. The fourth-order valence-corrected chi connectivity index (χ4v) is 3.34. The Bertz CT molecular complexity index is 494. The Morgan fingerprint density at radius 3 is 2.79 bits per heavy atom. The number of β-amino-alcohol motifs (C(OH)–C–C–N with tert-alkyl or cyclic N) is 1. The summed E-state index contributed by atoms with van der Waals surface area (Å²) in [5.74, 6) is 0.159. The molecule has 2 heterocycles. The van der Waals surface area contributed by atoms with Gasteiger partial charge in [0.05, 0.1) is 12.1 Å². The van der Waals surface area contributed by atoms with Crippen LogP contribution in [-0.2, 0) is 4.79 Å². The fraction of sp³-hybridized carbons (Fsp3) is 0.500. The molecule has 1 aromatic carbocycles. The molecule has 2 aliphatic heterocycles. The molecule has 5 heteroatoms. The second-order valence-electron chi connectivity index (χ2n) is 5.21. The predicted octanol–water partition coefficient (Wildman–Crippen LogP) is 1.62. The molecule has 0 radical (unpaired) electrons. The minimum absolute atomic E-state index is 0.0591. The topological polar surface area (TPSA) is 43.8 Å². The summed E-state index contributed by atoms with van der Waals surface area (Å²) in [6.07, 6.45) is 1.35. The van der Waals surface area contributed by atoms with Gasteiger partial charge in [0.15, 0.2) is 0 Å². The van der Waals surface area contributed by atoms with Crippen molar-refractivity contribution in [2.75, 3.05) is 24.5 Å². The Kier molecular flexibility index (Phi) is 3.60. The van der Waals surface area contributed by atoms with Gasteiger partial charge in [-0.25, -0.2) is 0 Å². The molecule has 0 unspecified atom stereocenters. The number of rotatable bonds is 2. The second kappa shape index (κ2) is 5.23. The van der Waals surface area contributed by atoms with E-state index in [4.69, 9.17) is 0 Å². The number of aliphatic hydroxyl groups excluding tert-OH is 1. The van der Waals surface area contributed by atoms with Crippen molar-refractivity contribution in [3.63, 3.8) is 0 Å². The molecule has 0 saturated carbocycles. The number of hydrogen-bond acceptors (Lipinski definition) is 3. The van der Waals surface area contributed by atoms with Crippen LogP contribution < -0.4 is 4.90 Å². The summed E-state index contributed by atoms with van der Waals surface area (Å²) in [5.41, 5.74) is 0.946. The Morgan fingerprint density at radius 2 is 2.11 bits per heavy atom. The molecule has 3 rings (SSSR count). The molecule has 2 atom stereocenters. The molecule has 1 amide bonds. The molecule has 2 aliphatic rings. The third-order valence-corrected chi connectivity index (χ3v) is 4.43. The number of amides is 1. The smallest absolute Gasteiger partial charge is 0.244 e. The lowest BCUT2D eigenvalue weighted by Crippen LogP contribution is -2.41. The number of anilines is 1. The molecule has 1 N–H and O–H groups in total. The first-order valence-corrected chi connectivity index (χ1v) is 7.43. The number of benzene rings is 1. The minimum atomic E-state index is -0.271. The van der Waals surface area contributed by atoms with Gasteiger partial charge < -0.3 is 10.0 Å². The largest absolute Gasteiger partial charge is 0.392 e. The standard InChI is InChI=1S/C14H17BrN2O2/c15-10-2-1-3-11(8-10)17-7-5-13(14(17)19)16-6-4-12(18)9-16/h1-3,8,12-13,18H,4-7,9H2/t12-,13-/m0/s1. The van der Waals surface area contributed by atoms with Crippen LogP contribution in [0.2, 0.25) is 0 Å². The Morgan fingerprint density at radius 1 is 1.26 bits per heavy atom. The SMILES string of the molecule is O=C1[C@@H](N2CC[C@H](O)C2)CCN1c1cccc(Br)c1. The average molecular weight is 325 g/mol. The summed E-state index contributed by atoms with van der Waals surface area (Å²) < 4.78 is 0.984. The van der Waals surface area contributed by atoms with Gasteiger partial charge in [-0.2, -0.15) is 0 Å². The van der Waals surface area contributed by atoms with E-state index in [0.29, 0.717) is 6.54 Å². The molecular weight excluding hydrogens is 308 g/mol. The normalized spacial score (nSPS) is 28.3. The van der Waals surface area contributed by atoms with Gasteiger partial charge in [-0.05, 0) is 31.0 Å². The van der Waals surface area contributed by atoms with E-state index in [1.165, 1.54) is 0 Å². The molecule has 1 aromatic rings. The van der Waals surface area contributed by atoms with Crippen LogP contribution in [0.25, 0.3) is 0 Å².